The van der Waals surface area contributed by atoms with E-state index in [0.717, 1.165) is 16.5 Å². The zero-order valence-corrected chi connectivity index (χ0v) is 19.9. The number of H-pyrrole nitrogens is 1. The number of rotatable bonds is 13. The summed E-state index contributed by atoms with van der Waals surface area (Å²) in [5.41, 5.74) is 7.41. The number of hydrogen-bond acceptors (Lipinski definition) is 7. The van der Waals surface area contributed by atoms with Crippen LogP contribution in [0.15, 0.2) is 30.5 Å². The first-order chi connectivity index (χ1) is 15.8. The maximum atomic E-state index is 12.9. The quantitative estimate of drug-likeness (QED) is 0.190. The first-order valence-corrected chi connectivity index (χ1v) is 12.3. The van der Waals surface area contributed by atoms with E-state index < -0.39 is 48.4 Å². The molecule has 10 nitrogen and oxygen atoms in total. The molecule has 0 spiro atoms. The number of hydrogen-bond donors (Lipinski definition) is 7. The molecule has 3 unspecified atom stereocenters. The van der Waals surface area contributed by atoms with Crippen LogP contribution < -0.4 is 21.7 Å². The predicted octanol–water partition coefficient (Wildman–Crippen LogP) is -0.109. The Morgan fingerprint density at radius 3 is 2.55 bits per heavy atom. The number of nitrogens with two attached hydrogens (primary N) is 1. The van der Waals surface area contributed by atoms with Crippen molar-refractivity contribution in [2.75, 3.05) is 24.3 Å². The van der Waals surface area contributed by atoms with E-state index in [4.69, 9.17) is 5.73 Å². The molecule has 180 valence electrons. The fourth-order valence-electron chi connectivity index (χ4n) is 3.12. The number of benzene rings is 1. The van der Waals surface area contributed by atoms with Crippen molar-refractivity contribution in [1.82, 2.24) is 20.9 Å². The van der Waals surface area contributed by atoms with Gasteiger partial charge in [0.2, 0.25) is 17.7 Å². The third kappa shape index (κ3) is 7.98. The fraction of sp³-hybridized carbons (Fsp3) is 0.429. The molecule has 0 fully saturated rings. The first kappa shape index (κ1) is 26.6. The molecule has 0 saturated carbocycles. The molecule has 1 heterocycles. The number of aromatic nitrogens is 1. The number of para-hydroxylation sites is 1. The number of nitrogens with one attached hydrogen (secondary N) is 4. The highest BCUT2D eigenvalue weighted by Gasteiger charge is 2.26. The van der Waals surface area contributed by atoms with Crippen LogP contribution in [-0.4, -0.2) is 76.2 Å². The zero-order valence-electron chi connectivity index (χ0n) is 18.2. The largest absolute Gasteiger partial charge is 0.480 e. The average molecular weight is 496 g/mol. The lowest BCUT2D eigenvalue weighted by Gasteiger charge is -2.20. The van der Waals surface area contributed by atoms with Gasteiger partial charge in [-0.2, -0.15) is 24.4 Å². The second-order valence-electron chi connectivity index (χ2n) is 7.37. The molecule has 0 aliphatic carbocycles. The Labute approximate surface area is 201 Å². The number of carboxylic acid groups (broad SMARTS) is 1. The van der Waals surface area contributed by atoms with Gasteiger partial charge in [-0.15, -0.1) is 0 Å². The van der Waals surface area contributed by atoms with Crippen LogP contribution in [0.1, 0.15) is 12.0 Å². The topological polar surface area (TPSA) is 166 Å². The van der Waals surface area contributed by atoms with Crippen LogP contribution in [0.3, 0.4) is 0 Å². The number of fused-ring (bicyclic) bond motifs is 1. The highest BCUT2D eigenvalue weighted by molar-refractivity contribution is 7.98. The van der Waals surface area contributed by atoms with Crippen molar-refractivity contribution in [3.8, 4) is 0 Å². The zero-order chi connectivity index (χ0) is 24.4. The highest BCUT2D eigenvalue weighted by Crippen LogP contribution is 2.19. The van der Waals surface area contributed by atoms with E-state index >= 15 is 0 Å². The van der Waals surface area contributed by atoms with Crippen molar-refractivity contribution in [3.05, 3.63) is 36.0 Å². The Hall–Kier alpha value is -2.70. The number of aliphatic carboxylic acids is 1. The van der Waals surface area contributed by atoms with Gasteiger partial charge >= 0.3 is 5.97 Å². The molecular formula is C21H29N5O5S2. The summed E-state index contributed by atoms with van der Waals surface area (Å²) in [6, 6.07) is 4.59. The number of thiol groups is 1. The van der Waals surface area contributed by atoms with Crippen molar-refractivity contribution >= 4 is 59.0 Å². The summed E-state index contributed by atoms with van der Waals surface area (Å²) in [7, 11) is 0. The molecule has 0 aliphatic rings. The number of carboxylic acids is 1. The lowest BCUT2D eigenvalue weighted by Crippen LogP contribution is -2.54. The third-order valence-corrected chi connectivity index (χ3v) is 5.97. The monoisotopic (exact) mass is 495 g/mol. The molecule has 12 heteroatoms. The van der Waals surface area contributed by atoms with Crippen LogP contribution in [0, 0.1) is 0 Å². The van der Waals surface area contributed by atoms with E-state index in [0.29, 0.717) is 5.75 Å². The minimum atomic E-state index is -1.14. The van der Waals surface area contributed by atoms with Crippen LogP contribution in [0.2, 0.25) is 0 Å². The fourth-order valence-corrected chi connectivity index (χ4v) is 3.76. The lowest BCUT2D eigenvalue weighted by molar-refractivity contribution is -0.141. The lowest BCUT2D eigenvalue weighted by atomic mass is 10.0. The average Bonchev–Trinajstić information content (AvgIpc) is 3.21. The van der Waals surface area contributed by atoms with Crippen LogP contribution in [-0.2, 0) is 25.6 Å². The maximum absolute atomic E-state index is 12.9. The normalized spacial score (nSPS) is 13.7. The highest BCUT2D eigenvalue weighted by atomic mass is 32.2. The number of amides is 3. The van der Waals surface area contributed by atoms with Crippen molar-refractivity contribution < 1.29 is 24.3 Å². The third-order valence-electron chi connectivity index (χ3n) is 4.93. The second kappa shape index (κ2) is 13.1. The molecule has 33 heavy (non-hydrogen) atoms. The van der Waals surface area contributed by atoms with E-state index in [1.165, 1.54) is 11.8 Å². The van der Waals surface area contributed by atoms with E-state index in [9.17, 15) is 24.3 Å². The van der Waals surface area contributed by atoms with Crippen molar-refractivity contribution in [2.24, 2.45) is 5.73 Å². The molecule has 2 rings (SSSR count). The molecular weight excluding hydrogens is 466 g/mol. The molecule has 1 aromatic heterocycles. The van der Waals surface area contributed by atoms with Gasteiger partial charge in [0, 0.05) is 29.3 Å². The van der Waals surface area contributed by atoms with E-state index in [2.05, 4.69) is 33.6 Å². The van der Waals surface area contributed by atoms with Gasteiger partial charge in [-0.05, 0) is 30.1 Å². The van der Waals surface area contributed by atoms with Crippen molar-refractivity contribution in [1.29, 1.82) is 0 Å². The van der Waals surface area contributed by atoms with Gasteiger partial charge in [0.1, 0.15) is 12.1 Å². The number of carbonyl (C=O) groups is 4. The number of aromatic amines is 1. The van der Waals surface area contributed by atoms with Crippen LogP contribution in [0.5, 0.6) is 0 Å². The van der Waals surface area contributed by atoms with Crippen molar-refractivity contribution in [2.45, 2.75) is 31.0 Å². The Balaban J connectivity index is 2.07. The first-order valence-electron chi connectivity index (χ1n) is 10.3. The number of carbonyl (C=O) groups excluding carboxylic acids is 3. The van der Waals surface area contributed by atoms with Gasteiger partial charge in [0.15, 0.2) is 0 Å². The number of thioether (sulfide) groups is 1. The van der Waals surface area contributed by atoms with Gasteiger partial charge in [0.05, 0.1) is 12.6 Å². The standard InChI is InChI=1S/C21H29N5O5S2/c1-33-7-6-16(21(30)31)25-18(27)10-24-20(29)17(26-19(28)14(22)11-32)8-12-9-23-15-5-3-2-4-13(12)15/h2-5,9,14,16-17,23,32H,6-8,10-11,22H2,1H3,(H,24,29)(H,25,27)(H,26,28)(H,30,31). The molecule has 0 aliphatic heterocycles. The Bertz CT molecular complexity index is 983. The van der Waals surface area contributed by atoms with Crippen LogP contribution in [0.25, 0.3) is 10.9 Å². The molecule has 1 aromatic carbocycles. The Kier molecular flexibility index (Phi) is 10.6. The molecule has 7 N–H and O–H groups in total. The molecule has 0 saturated heterocycles. The van der Waals surface area contributed by atoms with E-state index in [-0.39, 0.29) is 18.6 Å². The molecule has 3 atom stereocenters. The minimum Gasteiger partial charge on any atom is -0.480 e. The predicted molar refractivity (Wildman–Crippen MR) is 131 cm³/mol. The summed E-state index contributed by atoms with van der Waals surface area (Å²) in [6.45, 7) is -0.430. The van der Waals surface area contributed by atoms with Crippen LogP contribution >= 0.6 is 24.4 Å². The van der Waals surface area contributed by atoms with Crippen molar-refractivity contribution in [3.63, 3.8) is 0 Å². The Morgan fingerprint density at radius 1 is 1.15 bits per heavy atom. The minimum absolute atomic E-state index is 0.0995. The van der Waals surface area contributed by atoms with Gasteiger partial charge in [-0.1, -0.05) is 18.2 Å². The summed E-state index contributed by atoms with van der Waals surface area (Å²) in [5, 5.41) is 17.6. The summed E-state index contributed by atoms with van der Waals surface area (Å²) >= 11 is 5.48. The Morgan fingerprint density at radius 2 is 1.88 bits per heavy atom. The summed E-state index contributed by atoms with van der Waals surface area (Å²) in [4.78, 5) is 51.8. The van der Waals surface area contributed by atoms with Crippen LogP contribution in [0.4, 0.5) is 0 Å². The van der Waals surface area contributed by atoms with E-state index in [1.807, 2.05) is 30.5 Å². The molecule has 0 radical (unpaired) electrons. The van der Waals surface area contributed by atoms with E-state index in [1.54, 1.807) is 6.20 Å². The van der Waals surface area contributed by atoms with Gasteiger partial charge in [0.25, 0.3) is 0 Å². The van der Waals surface area contributed by atoms with Gasteiger partial charge in [-0.25, -0.2) is 4.79 Å². The SMILES string of the molecule is CSCCC(NC(=O)CNC(=O)C(Cc1c[nH]c2ccccc12)NC(=O)C(N)CS)C(=O)O. The molecule has 3 amide bonds. The van der Waals surface area contributed by atoms with Gasteiger partial charge in [-0.3, -0.25) is 14.4 Å². The summed E-state index contributed by atoms with van der Waals surface area (Å²) < 4.78 is 0. The molecule has 2 aromatic rings. The smallest absolute Gasteiger partial charge is 0.326 e. The van der Waals surface area contributed by atoms with Gasteiger partial charge < -0.3 is 31.8 Å². The molecule has 0 bridgehead atoms. The second-order valence-corrected chi connectivity index (χ2v) is 8.72. The summed E-state index contributed by atoms with van der Waals surface area (Å²) in [6.07, 6.45) is 4.01. The summed E-state index contributed by atoms with van der Waals surface area (Å²) in [5.74, 6) is -2.26. The maximum Gasteiger partial charge on any atom is 0.326 e.